The van der Waals surface area contributed by atoms with Crippen LogP contribution in [0.3, 0.4) is 0 Å². The van der Waals surface area contributed by atoms with E-state index in [9.17, 15) is 9.18 Å². The summed E-state index contributed by atoms with van der Waals surface area (Å²) in [6.07, 6.45) is 2.06. The Balaban J connectivity index is 1.71. The summed E-state index contributed by atoms with van der Waals surface area (Å²) < 4.78 is 19.4. The lowest BCUT2D eigenvalue weighted by molar-refractivity contribution is 0.102. The quantitative estimate of drug-likeness (QED) is 0.670. The number of anilines is 1. The minimum absolute atomic E-state index is 0.0313. The molecule has 0 bridgehead atoms. The molecule has 26 heavy (non-hydrogen) atoms. The number of aromatic nitrogens is 1. The molecular weight excluding hydrogens is 351 g/mol. The number of amides is 1. The molecule has 3 rings (SSSR count). The van der Waals surface area contributed by atoms with Gasteiger partial charge in [0, 0.05) is 17.5 Å². The highest BCUT2D eigenvalue weighted by Gasteiger charge is 2.15. The first-order chi connectivity index (χ1) is 12.5. The van der Waals surface area contributed by atoms with Crippen molar-refractivity contribution < 1.29 is 13.9 Å². The molecule has 2 aromatic carbocycles. The van der Waals surface area contributed by atoms with Gasteiger partial charge in [-0.3, -0.25) is 10.1 Å². The fraction of sp³-hybridized carbons (Fsp3) is 0.200. The Morgan fingerprint density at radius 1 is 1.19 bits per heavy atom. The number of halogens is 1. The molecule has 4 nitrogen and oxygen atoms in total. The molecule has 1 heterocycles. The molecule has 1 aromatic heterocycles. The Kier molecular flexibility index (Phi) is 5.63. The van der Waals surface area contributed by atoms with Crippen LogP contribution in [0.1, 0.15) is 34.6 Å². The number of thiazole rings is 1. The standard InChI is InChI=1S/C20H19FN2O2S/c1-13(2)25-18-10-6-4-8-16(18)19(24)23-20-22-12-15(26-20)11-14-7-3-5-9-17(14)21/h3-10,12-13H,11H2,1-2H3,(H,22,23,24). The van der Waals surface area contributed by atoms with Gasteiger partial charge < -0.3 is 4.74 Å². The summed E-state index contributed by atoms with van der Waals surface area (Å²) in [5.74, 6) is 0.00225. The third-order valence-corrected chi connectivity index (χ3v) is 4.50. The summed E-state index contributed by atoms with van der Waals surface area (Å²) in [6, 6.07) is 13.7. The Hall–Kier alpha value is -2.73. The van der Waals surface area contributed by atoms with Crippen molar-refractivity contribution in [2.24, 2.45) is 0 Å². The zero-order valence-corrected chi connectivity index (χ0v) is 15.3. The van der Waals surface area contributed by atoms with E-state index in [1.54, 1.807) is 42.6 Å². The van der Waals surface area contributed by atoms with Crippen LogP contribution in [0.2, 0.25) is 0 Å². The number of hydrogen-bond acceptors (Lipinski definition) is 4. The van der Waals surface area contributed by atoms with Crippen LogP contribution in [-0.2, 0) is 6.42 Å². The number of nitrogens with zero attached hydrogens (tertiary/aromatic N) is 1. The van der Waals surface area contributed by atoms with Crippen molar-refractivity contribution >= 4 is 22.4 Å². The minimum atomic E-state index is -0.284. The molecule has 0 fully saturated rings. The van der Waals surface area contributed by atoms with Crippen LogP contribution in [-0.4, -0.2) is 17.0 Å². The molecule has 6 heteroatoms. The molecule has 0 saturated carbocycles. The number of benzene rings is 2. The van der Waals surface area contributed by atoms with Crippen LogP contribution >= 0.6 is 11.3 Å². The monoisotopic (exact) mass is 370 g/mol. The van der Waals surface area contributed by atoms with Crippen molar-refractivity contribution in [3.05, 3.63) is 76.5 Å². The summed E-state index contributed by atoms with van der Waals surface area (Å²) in [7, 11) is 0. The largest absolute Gasteiger partial charge is 0.490 e. The number of para-hydroxylation sites is 1. The van der Waals surface area contributed by atoms with Crippen molar-refractivity contribution in [2.75, 3.05) is 5.32 Å². The second-order valence-corrected chi connectivity index (χ2v) is 7.13. The first-order valence-electron chi connectivity index (χ1n) is 8.28. The van der Waals surface area contributed by atoms with Crippen LogP contribution in [0.4, 0.5) is 9.52 Å². The van der Waals surface area contributed by atoms with Gasteiger partial charge in [0.25, 0.3) is 5.91 Å². The fourth-order valence-corrected chi connectivity index (χ4v) is 3.28. The van der Waals surface area contributed by atoms with Gasteiger partial charge in [0.1, 0.15) is 11.6 Å². The molecule has 0 saturated heterocycles. The zero-order chi connectivity index (χ0) is 18.5. The molecular formula is C20H19FN2O2S. The SMILES string of the molecule is CC(C)Oc1ccccc1C(=O)Nc1ncc(Cc2ccccc2F)s1. The Morgan fingerprint density at radius 3 is 2.69 bits per heavy atom. The van der Waals surface area contributed by atoms with Crippen LogP contribution in [0, 0.1) is 5.82 Å². The van der Waals surface area contributed by atoms with Crippen LogP contribution < -0.4 is 10.1 Å². The number of carbonyl (C=O) groups is 1. The first-order valence-corrected chi connectivity index (χ1v) is 9.09. The average Bonchev–Trinajstić information content (AvgIpc) is 3.04. The van der Waals surface area contributed by atoms with E-state index in [0.29, 0.717) is 28.4 Å². The predicted molar refractivity (Wildman–Crippen MR) is 101 cm³/mol. The first kappa shape index (κ1) is 18.1. The third-order valence-electron chi connectivity index (χ3n) is 3.59. The van der Waals surface area contributed by atoms with Crippen LogP contribution in [0.5, 0.6) is 5.75 Å². The Labute approximate surface area is 155 Å². The summed E-state index contributed by atoms with van der Waals surface area (Å²) >= 11 is 1.33. The summed E-state index contributed by atoms with van der Waals surface area (Å²) in [5.41, 5.74) is 1.05. The third kappa shape index (κ3) is 4.46. The molecule has 1 amide bonds. The number of rotatable bonds is 6. The molecule has 0 spiro atoms. The van der Waals surface area contributed by atoms with Gasteiger partial charge in [-0.05, 0) is 37.6 Å². The maximum atomic E-state index is 13.8. The van der Waals surface area contributed by atoms with Gasteiger partial charge >= 0.3 is 0 Å². The molecule has 0 aliphatic heterocycles. The molecule has 0 atom stereocenters. The second kappa shape index (κ2) is 8.10. The highest BCUT2D eigenvalue weighted by Crippen LogP contribution is 2.25. The summed E-state index contributed by atoms with van der Waals surface area (Å²) in [5, 5.41) is 3.26. The van der Waals surface area contributed by atoms with Gasteiger partial charge in [-0.1, -0.05) is 30.3 Å². The topological polar surface area (TPSA) is 51.2 Å². The molecule has 0 aliphatic carbocycles. The van der Waals surface area contributed by atoms with Gasteiger partial charge in [0.2, 0.25) is 0 Å². The van der Waals surface area contributed by atoms with E-state index in [2.05, 4.69) is 10.3 Å². The number of ether oxygens (including phenoxy) is 1. The summed E-state index contributed by atoms with van der Waals surface area (Å²) in [4.78, 5) is 17.6. The van der Waals surface area contributed by atoms with Crippen molar-refractivity contribution in [2.45, 2.75) is 26.4 Å². The van der Waals surface area contributed by atoms with Gasteiger partial charge in [-0.15, -0.1) is 11.3 Å². The molecule has 1 N–H and O–H groups in total. The van der Waals surface area contributed by atoms with Gasteiger partial charge in [0.15, 0.2) is 5.13 Å². The van der Waals surface area contributed by atoms with Crippen molar-refractivity contribution in [1.82, 2.24) is 4.98 Å². The van der Waals surface area contributed by atoms with E-state index in [-0.39, 0.29) is 17.8 Å². The number of hydrogen-bond donors (Lipinski definition) is 1. The Morgan fingerprint density at radius 2 is 1.92 bits per heavy atom. The average molecular weight is 370 g/mol. The van der Waals surface area contributed by atoms with Gasteiger partial charge in [0.05, 0.1) is 11.7 Å². The van der Waals surface area contributed by atoms with E-state index >= 15 is 0 Å². The zero-order valence-electron chi connectivity index (χ0n) is 14.5. The maximum Gasteiger partial charge on any atom is 0.261 e. The maximum absolute atomic E-state index is 13.8. The normalized spacial score (nSPS) is 10.8. The highest BCUT2D eigenvalue weighted by atomic mass is 32.1. The smallest absolute Gasteiger partial charge is 0.261 e. The minimum Gasteiger partial charge on any atom is -0.490 e. The van der Waals surface area contributed by atoms with E-state index in [4.69, 9.17) is 4.74 Å². The lowest BCUT2D eigenvalue weighted by Gasteiger charge is -2.13. The Bertz CT molecular complexity index is 908. The lowest BCUT2D eigenvalue weighted by atomic mass is 10.1. The van der Waals surface area contributed by atoms with Crippen molar-refractivity contribution in [1.29, 1.82) is 0 Å². The molecule has 0 unspecified atom stereocenters. The fourth-order valence-electron chi connectivity index (χ4n) is 2.45. The predicted octanol–water partition coefficient (Wildman–Crippen LogP) is 4.91. The van der Waals surface area contributed by atoms with Crippen LogP contribution in [0.25, 0.3) is 0 Å². The molecule has 134 valence electrons. The van der Waals surface area contributed by atoms with E-state index in [0.717, 1.165) is 4.88 Å². The second-order valence-electron chi connectivity index (χ2n) is 6.02. The molecule has 0 aliphatic rings. The van der Waals surface area contributed by atoms with Crippen molar-refractivity contribution in [3.8, 4) is 5.75 Å². The van der Waals surface area contributed by atoms with Crippen LogP contribution in [0.15, 0.2) is 54.7 Å². The molecule has 0 radical (unpaired) electrons. The van der Waals surface area contributed by atoms with E-state index in [1.807, 2.05) is 19.9 Å². The van der Waals surface area contributed by atoms with Gasteiger partial charge in [-0.2, -0.15) is 0 Å². The summed E-state index contributed by atoms with van der Waals surface area (Å²) in [6.45, 7) is 3.81. The lowest BCUT2D eigenvalue weighted by Crippen LogP contribution is -2.15. The number of nitrogens with one attached hydrogen (secondary N) is 1. The van der Waals surface area contributed by atoms with Gasteiger partial charge in [-0.25, -0.2) is 9.37 Å². The molecule has 3 aromatic rings. The van der Waals surface area contributed by atoms with E-state index in [1.165, 1.54) is 17.4 Å². The number of carbonyl (C=O) groups excluding carboxylic acids is 1. The van der Waals surface area contributed by atoms with E-state index < -0.39 is 0 Å². The van der Waals surface area contributed by atoms with Crippen molar-refractivity contribution in [3.63, 3.8) is 0 Å². The highest BCUT2D eigenvalue weighted by molar-refractivity contribution is 7.15.